The highest BCUT2D eigenvalue weighted by molar-refractivity contribution is 9.10. The molecule has 0 atom stereocenters. The third-order valence-corrected chi connectivity index (χ3v) is 3.72. The highest BCUT2D eigenvalue weighted by atomic mass is 79.9. The predicted octanol–water partition coefficient (Wildman–Crippen LogP) is 4.03. The second kappa shape index (κ2) is 5.75. The molecule has 0 heterocycles. The number of ether oxygens (including phenoxy) is 1. The van der Waals surface area contributed by atoms with Crippen LogP contribution in [0, 0.1) is 0 Å². The molecule has 2 aromatic rings. The van der Waals surface area contributed by atoms with Gasteiger partial charge in [-0.2, -0.15) is 0 Å². The number of methoxy groups -OCH3 is 1. The highest BCUT2D eigenvalue weighted by Crippen LogP contribution is 2.26. The summed E-state index contributed by atoms with van der Waals surface area (Å²) in [7, 11) is 1.58. The lowest BCUT2D eigenvalue weighted by Crippen LogP contribution is -2.03. The Morgan fingerprint density at radius 2 is 1.89 bits per heavy atom. The summed E-state index contributed by atoms with van der Waals surface area (Å²) in [4.78, 5) is 12.4. The van der Waals surface area contributed by atoms with Crippen LogP contribution < -0.4 is 10.5 Å². The highest BCUT2D eigenvalue weighted by Gasteiger charge is 2.14. The van der Waals surface area contributed by atoms with Crippen LogP contribution in [-0.2, 0) is 0 Å². The standard InChI is InChI=1S/C14H11Br2NO2/c1-19-11-2-3-12(13(16)7-11)14(18)8-4-9(15)6-10(17)5-8/h2-7H,17H2,1H3. The van der Waals surface area contributed by atoms with Crippen molar-refractivity contribution in [1.29, 1.82) is 0 Å². The van der Waals surface area contributed by atoms with E-state index in [4.69, 9.17) is 10.5 Å². The molecule has 0 unspecified atom stereocenters. The maximum absolute atomic E-state index is 12.4. The maximum atomic E-state index is 12.4. The van der Waals surface area contributed by atoms with Crippen LogP contribution >= 0.6 is 31.9 Å². The topological polar surface area (TPSA) is 52.3 Å². The molecular weight excluding hydrogens is 374 g/mol. The summed E-state index contributed by atoms with van der Waals surface area (Å²) < 4.78 is 6.57. The fourth-order valence-electron chi connectivity index (χ4n) is 1.71. The number of carbonyl (C=O) groups is 1. The normalized spacial score (nSPS) is 10.3. The molecule has 19 heavy (non-hydrogen) atoms. The first-order valence-corrected chi connectivity index (χ1v) is 7.04. The van der Waals surface area contributed by atoms with Gasteiger partial charge in [0.05, 0.1) is 7.11 Å². The van der Waals surface area contributed by atoms with Gasteiger partial charge in [-0.3, -0.25) is 4.79 Å². The van der Waals surface area contributed by atoms with Gasteiger partial charge in [-0.25, -0.2) is 0 Å². The number of hydrogen-bond donors (Lipinski definition) is 1. The first kappa shape index (κ1) is 14.1. The number of anilines is 1. The van der Waals surface area contributed by atoms with E-state index in [9.17, 15) is 4.79 Å². The van der Waals surface area contributed by atoms with Crippen molar-refractivity contribution in [1.82, 2.24) is 0 Å². The first-order chi connectivity index (χ1) is 9.01. The molecule has 0 radical (unpaired) electrons. The number of hydrogen-bond acceptors (Lipinski definition) is 3. The van der Waals surface area contributed by atoms with Gasteiger partial charge in [0.15, 0.2) is 5.78 Å². The number of nitrogens with two attached hydrogens (primary N) is 1. The van der Waals surface area contributed by atoms with E-state index in [1.165, 1.54) is 0 Å². The number of halogens is 2. The second-order valence-electron chi connectivity index (χ2n) is 3.95. The van der Waals surface area contributed by atoms with Crippen LogP contribution in [0.4, 0.5) is 5.69 Å². The summed E-state index contributed by atoms with van der Waals surface area (Å²) in [6, 6.07) is 10.4. The van der Waals surface area contributed by atoms with Crippen molar-refractivity contribution in [3.63, 3.8) is 0 Å². The van der Waals surface area contributed by atoms with Crippen molar-refractivity contribution in [2.24, 2.45) is 0 Å². The predicted molar refractivity (Wildman–Crippen MR) is 82.7 cm³/mol. The third kappa shape index (κ3) is 3.16. The van der Waals surface area contributed by atoms with Gasteiger partial charge in [0.2, 0.25) is 0 Å². The van der Waals surface area contributed by atoms with Crippen LogP contribution in [0.15, 0.2) is 45.3 Å². The average Bonchev–Trinajstić information content (AvgIpc) is 2.36. The van der Waals surface area contributed by atoms with Gasteiger partial charge in [-0.1, -0.05) is 15.9 Å². The quantitative estimate of drug-likeness (QED) is 0.641. The van der Waals surface area contributed by atoms with Crippen molar-refractivity contribution in [3.05, 3.63) is 56.5 Å². The van der Waals surface area contributed by atoms with Crippen LogP contribution in [-0.4, -0.2) is 12.9 Å². The van der Waals surface area contributed by atoms with Crippen molar-refractivity contribution in [2.75, 3.05) is 12.8 Å². The van der Waals surface area contributed by atoms with Gasteiger partial charge in [-0.05, 0) is 52.3 Å². The minimum atomic E-state index is -0.0949. The summed E-state index contributed by atoms with van der Waals surface area (Å²) in [5, 5.41) is 0. The molecule has 0 saturated heterocycles. The van der Waals surface area contributed by atoms with Gasteiger partial charge >= 0.3 is 0 Å². The Hall–Kier alpha value is -1.33. The Kier molecular flexibility index (Phi) is 4.27. The van der Waals surface area contributed by atoms with Crippen LogP contribution in [0.3, 0.4) is 0 Å². The van der Waals surface area contributed by atoms with Crippen LogP contribution in [0.1, 0.15) is 15.9 Å². The minimum absolute atomic E-state index is 0.0949. The van der Waals surface area contributed by atoms with E-state index < -0.39 is 0 Å². The Balaban J connectivity index is 2.44. The number of benzene rings is 2. The lowest BCUT2D eigenvalue weighted by Gasteiger charge is -2.07. The summed E-state index contributed by atoms with van der Waals surface area (Å²) >= 11 is 6.71. The zero-order valence-electron chi connectivity index (χ0n) is 10.1. The molecule has 0 aliphatic heterocycles. The second-order valence-corrected chi connectivity index (χ2v) is 5.72. The molecule has 2 aromatic carbocycles. The number of carbonyl (C=O) groups excluding carboxylic acids is 1. The van der Waals surface area contributed by atoms with Gasteiger partial charge in [0.1, 0.15) is 5.75 Å². The lowest BCUT2D eigenvalue weighted by atomic mass is 10.0. The van der Waals surface area contributed by atoms with E-state index in [1.54, 1.807) is 43.5 Å². The third-order valence-electron chi connectivity index (χ3n) is 2.60. The Bertz CT molecular complexity index is 621. The molecule has 0 bridgehead atoms. The molecule has 0 spiro atoms. The molecule has 0 fully saturated rings. The van der Waals surface area contributed by atoms with Crippen molar-refractivity contribution < 1.29 is 9.53 Å². The van der Waals surface area contributed by atoms with Crippen LogP contribution in [0.25, 0.3) is 0 Å². The van der Waals surface area contributed by atoms with Crippen molar-refractivity contribution >= 4 is 43.3 Å². The summed E-state index contributed by atoms with van der Waals surface area (Å²) in [6.45, 7) is 0. The molecule has 0 aliphatic rings. The Morgan fingerprint density at radius 3 is 2.47 bits per heavy atom. The molecule has 0 amide bonds. The van der Waals surface area contributed by atoms with E-state index in [0.717, 1.165) is 4.47 Å². The molecular formula is C14H11Br2NO2. The monoisotopic (exact) mass is 383 g/mol. The van der Waals surface area contributed by atoms with E-state index in [2.05, 4.69) is 31.9 Å². The van der Waals surface area contributed by atoms with Crippen molar-refractivity contribution in [3.8, 4) is 5.75 Å². The molecule has 98 valence electrons. The smallest absolute Gasteiger partial charge is 0.194 e. The number of ketones is 1. The van der Waals surface area contributed by atoms with E-state index in [0.29, 0.717) is 27.0 Å². The molecule has 5 heteroatoms. The molecule has 0 aromatic heterocycles. The fraction of sp³-hybridized carbons (Fsp3) is 0.0714. The molecule has 2 N–H and O–H groups in total. The maximum Gasteiger partial charge on any atom is 0.194 e. The summed E-state index contributed by atoms with van der Waals surface area (Å²) in [6.07, 6.45) is 0. The van der Waals surface area contributed by atoms with E-state index in [1.807, 2.05) is 0 Å². The summed E-state index contributed by atoms with van der Waals surface area (Å²) in [5.74, 6) is 0.597. The summed E-state index contributed by atoms with van der Waals surface area (Å²) in [5.41, 5.74) is 7.40. The van der Waals surface area contributed by atoms with Crippen LogP contribution in [0.5, 0.6) is 5.75 Å². The molecule has 0 aliphatic carbocycles. The zero-order chi connectivity index (χ0) is 14.0. The molecule has 3 nitrogen and oxygen atoms in total. The molecule has 2 rings (SSSR count). The molecule has 0 saturated carbocycles. The largest absolute Gasteiger partial charge is 0.497 e. The number of rotatable bonds is 3. The zero-order valence-corrected chi connectivity index (χ0v) is 13.3. The van der Waals surface area contributed by atoms with Crippen LogP contribution in [0.2, 0.25) is 0 Å². The van der Waals surface area contributed by atoms with Gasteiger partial charge in [0, 0.05) is 25.8 Å². The fourth-order valence-corrected chi connectivity index (χ4v) is 2.75. The lowest BCUT2D eigenvalue weighted by molar-refractivity contribution is 0.103. The van der Waals surface area contributed by atoms with Gasteiger partial charge in [-0.15, -0.1) is 0 Å². The number of nitrogen functional groups attached to an aromatic ring is 1. The Labute approximate surface area is 128 Å². The van der Waals surface area contributed by atoms with Crippen molar-refractivity contribution in [2.45, 2.75) is 0 Å². The SMILES string of the molecule is COc1ccc(C(=O)c2cc(N)cc(Br)c2)c(Br)c1. The van der Waals surface area contributed by atoms with Gasteiger partial charge < -0.3 is 10.5 Å². The average molecular weight is 385 g/mol. The Morgan fingerprint density at radius 1 is 1.16 bits per heavy atom. The van der Waals surface area contributed by atoms with E-state index in [-0.39, 0.29) is 5.78 Å². The van der Waals surface area contributed by atoms with E-state index >= 15 is 0 Å². The minimum Gasteiger partial charge on any atom is -0.497 e. The van der Waals surface area contributed by atoms with Gasteiger partial charge in [0.25, 0.3) is 0 Å². The first-order valence-electron chi connectivity index (χ1n) is 5.45.